The van der Waals surface area contributed by atoms with Crippen molar-refractivity contribution < 1.29 is 9.59 Å². The van der Waals surface area contributed by atoms with Crippen LogP contribution in [-0.2, 0) is 0 Å². The minimum absolute atomic E-state index is 0.378. The van der Waals surface area contributed by atoms with E-state index in [1.165, 1.54) is 11.0 Å². The summed E-state index contributed by atoms with van der Waals surface area (Å²) in [6, 6.07) is 12.9. The second-order valence-corrected chi connectivity index (χ2v) is 5.15. The lowest BCUT2D eigenvalue weighted by Crippen LogP contribution is -2.41. The van der Waals surface area contributed by atoms with Crippen molar-refractivity contribution in [2.24, 2.45) is 0 Å². The maximum absolute atomic E-state index is 12.0. The molecule has 2 N–H and O–H groups in total. The highest BCUT2D eigenvalue weighted by Gasteiger charge is 2.09. The Morgan fingerprint density at radius 3 is 1.92 bits per heavy atom. The number of nitrogens with zero attached hydrogens (tertiary/aromatic N) is 4. The smallest absolute Gasteiger partial charge is 0.267 e. The van der Waals surface area contributed by atoms with Crippen LogP contribution in [0.2, 0.25) is 5.02 Å². The fourth-order valence-corrected chi connectivity index (χ4v) is 2.03. The molecule has 8 nitrogen and oxygen atoms in total. The van der Waals surface area contributed by atoms with Gasteiger partial charge in [-0.15, -0.1) is 5.10 Å². The van der Waals surface area contributed by atoms with Crippen molar-refractivity contribution >= 4 is 23.4 Å². The molecular formula is C15H11ClN6O2. The first kappa shape index (κ1) is 15.6. The number of amides is 2. The zero-order valence-electron chi connectivity index (χ0n) is 12.2. The predicted molar refractivity (Wildman–Crippen MR) is 85.5 cm³/mol. The average molecular weight is 343 g/mol. The van der Waals surface area contributed by atoms with Gasteiger partial charge >= 0.3 is 0 Å². The van der Waals surface area contributed by atoms with E-state index in [0.29, 0.717) is 21.8 Å². The molecule has 3 aromatic rings. The van der Waals surface area contributed by atoms with Crippen molar-refractivity contribution in [2.75, 3.05) is 0 Å². The van der Waals surface area contributed by atoms with Gasteiger partial charge in [-0.1, -0.05) is 11.6 Å². The van der Waals surface area contributed by atoms with Crippen LogP contribution in [0, 0.1) is 0 Å². The Labute approximate surface area is 141 Å². The summed E-state index contributed by atoms with van der Waals surface area (Å²) in [5.41, 5.74) is 6.16. The molecule has 0 aliphatic heterocycles. The molecule has 0 saturated heterocycles. The zero-order chi connectivity index (χ0) is 16.9. The van der Waals surface area contributed by atoms with Crippen molar-refractivity contribution in [3.05, 3.63) is 71.0 Å². The number of halogens is 1. The monoisotopic (exact) mass is 342 g/mol. The molecule has 9 heteroatoms. The molecule has 0 bridgehead atoms. The minimum atomic E-state index is -0.444. The van der Waals surface area contributed by atoms with Gasteiger partial charge in [0.1, 0.15) is 6.33 Å². The van der Waals surface area contributed by atoms with Gasteiger partial charge in [0.25, 0.3) is 11.8 Å². The van der Waals surface area contributed by atoms with Gasteiger partial charge < -0.3 is 0 Å². The average Bonchev–Trinajstić information content (AvgIpc) is 3.15. The molecule has 0 unspecified atom stereocenters. The Bertz CT molecular complexity index is 847. The van der Waals surface area contributed by atoms with E-state index in [0.717, 1.165) is 0 Å². The van der Waals surface area contributed by atoms with Crippen LogP contribution in [0.4, 0.5) is 0 Å². The first-order valence-electron chi connectivity index (χ1n) is 6.83. The summed E-state index contributed by atoms with van der Waals surface area (Å²) in [5.74, 6) is -0.883. The van der Waals surface area contributed by atoms with Gasteiger partial charge in [0.15, 0.2) is 0 Å². The van der Waals surface area contributed by atoms with Crippen molar-refractivity contribution in [1.29, 1.82) is 0 Å². The summed E-state index contributed by atoms with van der Waals surface area (Å²) in [5, 5.41) is 11.3. The first-order chi connectivity index (χ1) is 11.6. The molecule has 0 atom stereocenters. The molecule has 120 valence electrons. The Morgan fingerprint density at radius 2 is 1.42 bits per heavy atom. The highest BCUT2D eigenvalue weighted by molar-refractivity contribution is 6.30. The van der Waals surface area contributed by atoms with Gasteiger partial charge in [-0.05, 0) is 59.0 Å². The summed E-state index contributed by atoms with van der Waals surface area (Å²) >= 11 is 5.76. The van der Waals surface area contributed by atoms with Gasteiger partial charge in [0, 0.05) is 16.1 Å². The predicted octanol–water partition coefficient (Wildman–Crippen LogP) is 1.39. The van der Waals surface area contributed by atoms with Crippen molar-refractivity contribution in [1.82, 2.24) is 31.1 Å². The van der Waals surface area contributed by atoms with Crippen LogP contribution >= 0.6 is 11.6 Å². The van der Waals surface area contributed by atoms with E-state index in [4.69, 9.17) is 11.6 Å². The van der Waals surface area contributed by atoms with Gasteiger partial charge in [0.05, 0.1) is 5.69 Å². The van der Waals surface area contributed by atoms with E-state index in [-0.39, 0.29) is 0 Å². The van der Waals surface area contributed by atoms with Gasteiger partial charge in [-0.2, -0.15) is 0 Å². The lowest BCUT2D eigenvalue weighted by molar-refractivity contribution is 0.0846. The van der Waals surface area contributed by atoms with E-state index < -0.39 is 11.8 Å². The van der Waals surface area contributed by atoms with Gasteiger partial charge in [0.2, 0.25) is 0 Å². The normalized spacial score (nSPS) is 10.2. The summed E-state index contributed by atoms with van der Waals surface area (Å²) in [4.78, 5) is 23.9. The van der Waals surface area contributed by atoms with Crippen LogP contribution < -0.4 is 10.9 Å². The third-order valence-corrected chi connectivity index (χ3v) is 3.39. The lowest BCUT2D eigenvalue weighted by atomic mass is 10.2. The molecule has 0 aliphatic carbocycles. The molecule has 0 aliphatic rings. The molecular weight excluding hydrogens is 332 g/mol. The maximum atomic E-state index is 12.0. The summed E-state index contributed by atoms with van der Waals surface area (Å²) in [6.07, 6.45) is 1.45. The van der Waals surface area contributed by atoms with E-state index in [1.54, 1.807) is 48.5 Å². The fourth-order valence-electron chi connectivity index (χ4n) is 1.90. The number of nitrogens with one attached hydrogen (secondary N) is 2. The van der Waals surface area contributed by atoms with Crippen LogP contribution in [0.3, 0.4) is 0 Å². The number of rotatable bonds is 3. The zero-order valence-corrected chi connectivity index (χ0v) is 12.9. The summed E-state index contributed by atoms with van der Waals surface area (Å²) < 4.78 is 1.46. The molecule has 2 aromatic carbocycles. The minimum Gasteiger partial charge on any atom is -0.267 e. The first-order valence-corrected chi connectivity index (χ1v) is 7.21. The number of hydrogen-bond acceptors (Lipinski definition) is 5. The molecule has 2 amide bonds. The van der Waals surface area contributed by atoms with Gasteiger partial charge in [-0.3, -0.25) is 20.4 Å². The van der Waals surface area contributed by atoms with Crippen molar-refractivity contribution in [3.8, 4) is 5.69 Å². The van der Waals surface area contributed by atoms with Crippen LogP contribution in [0.5, 0.6) is 0 Å². The second kappa shape index (κ2) is 6.88. The third kappa shape index (κ3) is 3.55. The Hall–Kier alpha value is -3.26. The summed E-state index contributed by atoms with van der Waals surface area (Å²) in [7, 11) is 0. The van der Waals surface area contributed by atoms with E-state index in [2.05, 4.69) is 26.4 Å². The number of hydrazine groups is 1. The van der Waals surface area contributed by atoms with Gasteiger partial charge in [-0.25, -0.2) is 4.68 Å². The van der Waals surface area contributed by atoms with Crippen LogP contribution in [0.1, 0.15) is 20.7 Å². The van der Waals surface area contributed by atoms with Crippen LogP contribution in [0.25, 0.3) is 5.69 Å². The van der Waals surface area contributed by atoms with Crippen molar-refractivity contribution in [3.63, 3.8) is 0 Å². The molecule has 0 spiro atoms. The SMILES string of the molecule is O=C(NNC(=O)c1ccc(-n2cnnn2)cc1)c1ccc(Cl)cc1. The largest absolute Gasteiger partial charge is 0.269 e. The molecule has 0 fully saturated rings. The standard InChI is InChI=1S/C15H11ClN6O2/c16-12-5-1-10(2-6-12)14(23)18-19-15(24)11-3-7-13(8-4-11)22-9-17-20-21-22/h1-9H,(H,18,23)(H,19,24). The van der Waals surface area contributed by atoms with E-state index >= 15 is 0 Å². The Morgan fingerprint density at radius 1 is 0.875 bits per heavy atom. The fraction of sp³-hybridized carbons (Fsp3) is 0. The highest BCUT2D eigenvalue weighted by Crippen LogP contribution is 2.09. The van der Waals surface area contributed by atoms with Crippen molar-refractivity contribution in [2.45, 2.75) is 0 Å². The van der Waals surface area contributed by atoms with E-state index in [9.17, 15) is 9.59 Å². The summed E-state index contributed by atoms with van der Waals surface area (Å²) in [6.45, 7) is 0. The Balaban J connectivity index is 1.60. The molecule has 1 aromatic heterocycles. The second-order valence-electron chi connectivity index (χ2n) is 4.72. The number of hydrogen-bond donors (Lipinski definition) is 2. The number of carbonyl (C=O) groups excluding carboxylic acids is 2. The quantitative estimate of drug-likeness (QED) is 0.700. The maximum Gasteiger partial charge on any atom is 0.269 e. The highest BCUT2D eigenvalue weighted by atomic mass is 35.5. The molecule has 1 heterocycles. The topological polar surface area (TPSA) is 102 Å². The Kier molecular flexibility index (Phi) is 4.48. The van der Waals surface area contributed by atoms with E-state index in [1.807, 2.05) is 0 Å². The number of benzene rings is 2. The lowest BCUT2D eigenvalue weighted by Gasteiger charge is -2.08. The molecule has 3 rings (SSSR count). The number of aromatic nitrogens is 4. The number of tetrazole rings is 1. The van der Waals surface area contributed by atoms with Crippen LogP contribution in [0.15, 0.2) is 54.9 Å². The third-order valence-electron chi connectivity index (χ3n) is 3.14. The molecule has 24 heavy (non-hydrogen) atoms. The van der Waals surface area contributed by atoms with Crippen LogP contribution in [-0.4, -0.2) is 32.0 Å². The number of carbonyl (C=O) groups is 2. The molecule has 0 saturated carbocycles. The molecule has 0 radical (unpaired) electrons.